The van der Waals surface area contributed by atoms with Crippen LogP contribution in [-0.2, 0) is 14.3 Å². The standard InChI is InChI=1S/C14H26O4/c1-6-7-8-9-14(5,12(16)17)10-11(15)18-13(2,3)4/h6-10H2,1-5H3,(H,16,17). The van der Waals surface area contributed by atoms with E-state index < -0.39 is 23.0 Å². The molecule has 0 saturated carbocycles. The van der Waals surface area contributed by atoms with Crippen molar-refractivity contribution in [2.75, 3.05) is 0 Å². The van der Waals surface area contributed by atoms with E-state index in [0.717, 1.165) is 19.3 Å². The van der Waals surface area contributed by atoms with Crippen molar-refractivity contribution in [1.82, 2.24) is 0 Å². The number of hydrogen-bond donors (Lipinski definition) is 1. The largest absolute Gasteiger partial charge is 0.481 e. The van der Waals surface area contributed by atoms with Crippen LogP contribution in [0.2, 0.25) is 0 Å². The van der Waals surface area contributed by atoms with Crippen molar-refractivity contribution in [2.45, 2.75) is 72.3 Å². The van der Waals surface area contributed by atoms with Gasteiger partial charge >= 0.3 is 11.9 Å². The fourth-order valence-corrected chi connectivity index (χ4v) is 1.73. The van der Waals surface area contributed by atoms with Crippen molar-refractivity contribution in [3.05, 3.63) is 0 Å². The van der Waals surface area contributed by atoms with Gasteiger partial charge in [-0.3, -0.25) is 9.59 Å². The molecule has 0 aromatic heterocycles. The van der Waals surface area contributed by atoms with Crippen LogP contribution < -0.4 is 0 Å². The monoisotopic (exact) mass is 258 g/mol. The molecule has 1 atom stereocenters. The number of ether oxygens (including phenoxy) is 1. The lowest BCUT2D eigenvalue weighted by molar-refractivity contribution is -0.164. The number of carbonyl (C=O) groups is 2. The van der Waals surface area contributed by atoms with Crippen LogP contribution in [0.5, 0.6) is 0 Å². The molecule has 0 aromatic rings. The lowest BCUT2D eigenvalue weighted by atomic mass is 9.81. The average molecular weight is 258 g/mol. The predicted molar refractivity (Wildman–Crippen MR) is 70.3 cm³/mol. The maximum absolute atomic E-state index is 11.7. The van der Waals surface area contributed by atoms with E-state index in [1.807, 2.05) is 0 Å². The van der Waals surface area contributed by atoms with E-state index >= 15 is 0 Å². The van der Waals surface area contributed by atoms with Crippen LogP contribution in [0.1, 0.15) is 66.7 Å². The van der Waals surface area contributed by atoms with E-state index in [-0.39, 0.29) is 6.42 Å². The second-order valence-corrected chi connectivity index (χ2v) is 6.09. The summed E-state index contributed by atoms with van der Waals surface area (Å²) < 4.78 is 5.19. The Hall–Kier alpha value is -1.06. The van der Waals surface area contributed by atoms with Gasteiger partial charge in [-0.1, -0.05) is 26.2 Å². The predicted octanol–water partition coefficient (Wildman–Crippen LogP) is 3.39. The molecule has 1 N–H and O–H groups in total. The minimum atomic E-state index is -1.02. The van der Waals surface area contributed by atoms with Gasteiger partial charge in [0.2, 0.25) is 0 Å². The molecular formula is C14H26O4. The maximum Gasteiger partial charge on any atom is 0.309 e. The third-order valence-electron chi connectivity index (χ3n) is 2.80. The van der Waals surface area contributed by atoms with Crippen molar-refractivity contribution >= 4 is 11.9 Å². The first kappa shape index (κ1) is 16.9. The summed E-state index contributed by atoms with van der Waals surface area (Å²) in [4.78, 5) is 23.0. The lowest BCUT2D eigenvalue weighted by Gasteiger charge is -2.26. The molecule has 0 rings (SSSR count). The average Bonchev–Trinajstić information content (AvgIpc) is 2.14. The van der Waals surface area contributed by atoms with Gasteiger partial charge in [0.15, 0.2) is 0 Å². The number of carboxylic acids is 1. The van der Waals surface area contributed by atoms with Crippen LogP contribution in [0.25, 0.3) is 0 Å². The number of carboxylic acid groups (broad SMARTS) is 1. The molecule has 0 aliphatic carbocycles. The number of hydrogen-bond acceptors (Lipinski definition) is 3. The number of esters is 1. The normalized spacial score (nSPS) is 14.9. The first-order valence-electron chi connectivity index (χ1n) is 6.56. The number of aliphatic carboxylic acids is 1. The molecule has 0 aromatic carbocycles. The molecule has 0 fully saturated rings. The van der Waals surface area contributed by atoms with Crippen molar-refractivity contribution in [2.24, 2.45) is 5.41 Å². The Morgan fingerprint density at radius 3 is 2.06 bits per heavy atom. The second-order valence-electron chi connectivity index (χ2n) is 6.09. The molecule has 0 saturated heterocycles. The Kier molecular flexibility index (Phi) is 6.36. The molecule has 18 heavy (non-hydrogen) atoms. The first-order chi connectivity index (χ1) is 8.10. The zero-order valence-corrected chi connectivity index (χ0v) is 12.2. The molecule has 0 amide bonds. The molecule has 0 spiro atoms. The van der Waals surface area contributed by atoms with Crippen LogP contribution in [0.3, 0.4) is 0 Å². The van der Waals surface area contributed by atoms with E-state index in [0.29, 0.717) is 6.42 Å². The summed E-state index contributed by atoms with van der Waals surface area (Å²) in [5.74, 6) is -1.37. The minimum absolute atomic E-state index is 0.0662. The summed E-state index contributed by atoms with van der Waals surface area (Å²) in [7, 11) is 0. The maximum atomic E-state index is 11.7. The molecule has 4 heteroatoms. The Morgan fingerprint density at radius 2 is 1.67 bits per heavy atom. The summed E-state index contributed by atoms with van der Waals surface area (Å²) in [6.07, 6.45) is 3.28. The molecular weight excluding hydrogens is 232 g/mol. The summed E-state index contributed by atoms with van der Waals surface area (Å²) in [5, 5.41) is 9.27. The molecule has 0 aliphatic rings. The van der Waals surface area contributed by atoms with Gasteiger partial charge in [0.05, 0.1) is 11.8 Å². The summed E-state index contributed by atoms with van der Waals surface area (Å²) >= 11 is 0. The van der Waals surface area contributed by atoms with Crippen LogP contribution in [-0.4, -0.2) is 22.6 Å². The van der Waals surface area contributed by atoms with Crippen LogP contribution in [0.4, 0.5) is 0 Å². The summed E-state index contributed by atoms with van der Waals surface area (Å²) in [6, 6.07) is 0. The highest BCUT2D eigenvalue weighted by Crippen LogP contribution is 2.30. The van der Waals surface area contributed by atoms with Crippen molar-refractivity contribution in [3.8, 4) is 0 Å². The van der Waals surface area contributed by atoms with Gasteiger partial charge in [0.1, 0.15) is 5.60 Å². The third kappa shape index (κ3) is 6.62. The van der Waals surface area contributed by atoms with Crippen molar-refractivity contribution in [1.29, 1.82) is 0 Å². The van der Waals surface area contributed by atoms with Gasteiger partial charge < -0.3 is 9.84 Å². The highest BCUT2D eigenvalue weighted by molar-refractivity contribution is 5.82. The number of unbranched alkanes of at least 4 members (excludes halogenated alkanes) is 2. The zero-order valence-electron chi connectivity index (χ0n) is 12.2. The highest BCUT2D eigenvalue weighted by atomic mass is 16.6. The summed E-state index contributed by atoms with van der Waals surface area (Å²) in [5.41, 5.74) is -1.59. The van der Waals surface area contributed by atoms with E-state index in [1.54, 1.807) is 27.7 Å². The van der Waals surface area contributed by atoms with Crippen LogP contribution in [0.15, 0.2) is 0 Å². The van der Waals surface area contributed by atoms with E-state index in [1.165, 1.54) is 0 Å². The Balaban J connectivity index is 4.51. The molecule has 0 aliphatic heterocycles. The minimum Gasteiger partial charge on any atom is -0.481 e. The second kappa shape index (κ2) is 6.76. The van der Waals surface area contributed by atoms with Crippen molar-refractivity contribution < 1.29 is 19.4 Å². The van der Waals surface area contributed by atoms with Gasteiger partial charge in [-0.2, -0.15) is 0 Å². The van der Waals surface area contributed by atoms with Crippen molar-refractivity contribution in [3.63, 3.8) is 0 Å². The fourth-order valence-electron chi connectivity index (χ4n) is 1.73. The number of rotatable bonds is 7. The lowest BCUT2D eigenvalue weighted by Crippen LogP contribution is -2.34. The highest BCUT2D eigenvalue weighted by Gasteiger charge is 2.36. The van der Waals surface area contributed by atoms with Crippen LogP contribution in [0, 0.1) is 5.41 Å². The Bertz CT molecular complexity index is 291. The molecule has 1 unspecified atom stereocenters. The van der Waals surface area contributed by atoms with E-state index in [4.69, 9.17) is 4.74 Å². The molecule has 106 valence electrons. The zero-order chi connectivity index (χ0) is 14.4. The van der Waals surface area contributed by atoms with Gasteiger partial charge in [-0.05, 0) is 34.1 Å². The number of carbonyl (C=O) groups excluding carboxylic acids is 1. The summed E-state index contributed by atoms with van der Waals surface area (Å²) in [6.45, 7) is 9.02. The molecule has 4 nitrogen and oxygen atoms in total. The third-order valence-corrected chi connectivity index (χ3v) is 2.80. The smallest absolute Gasteiger partial charge is 0.309 e. The Morgan fingerprint density at radius 1 is 1.11 bits per heavy atom. The SMILES string of the molecule is CCCCCC(C)(CC(=O)OC(C)(C)C)C(=O)O. The molecule has 0 radical (unpaired) electrons. The van der Waals surface area contributed by atoms with Gasteiger partial charge in [0, 0.05) is 0 Å². The quantitative estimate of drug-likeness (QED) is 0.561. The molecule has 0 bridgehead atoms. The fraction of sp³-hybridized carbons (Fsp3) is 0.857. The topological polar surface area (TPSA) is 63.6 Å². The van der Waals surface area contributed by atoms with Gasteiger partial charge in [-0.25, -0.2) is 0 Å². The molecule has 0 heterocycles. The van der Waals surface area contributed by atoms with E-state index in [9.17, 15) is 14.7 Å². The van der Waals surface area contributed by atoms with E-state index in [2.05, 4.69) is 6.92 Å². The van der Waals surface area contributed by atoms with Crippen LogP contribution >= 0.6 is 0 Å². The Labute approximate surface area is 110 Å². The van der Waals surface area contributed by atoms with Gasteiger partial charge in [0.25, 0.3) is 0 Å². The first-order valence-corrected chi connectivity index (χ1v) is 6.56. The van der Waals surface area contributed by atoms with Gasteiger partial charge in [-0.15, -0.1) is 0 Å².